The van der Waals surface area contributed by atoms with Crippen molar-refractivity contribution >= 4 is 11.8 Å². The summed E-state index contributed by atoms with van der Waals surface area (Å²) in [6.07, 6.45) is 4.14. The molecule has 114 valence electrons. The maximum atomic E-state index is 12.1. The summed E-state index contributed by atoms with van der Waals surface area (Å²) in [6.45, 7) is 4.06. The van der Waals surface area contributed by atoms with Crippen molar-refractivity contribution in [1.82, 2.24) is 10.8 Å². The molecular weight excluding hydrogens is 268 g/mol. The molecule has 3 aliphatic rings. The first kappa shape index (κ1) is 14.3. The molecule has 21 heavy (non-hydrogen) atoms. The van der Waals surface area contributed by atoms with Crippen molar-refractivity contribution in [1.29, 1.82) is 0 Å². The third kappa shape index (κ3) is 2.29. The zero-order valence-corrected chi connectivity index (χ0v) is 12.5. The number of hydrogen-bond acceptors (Lipinski definition) is 3. The van der Waals surface area contributed by atoms with Gasteiger partial charge in [-0.1, -0.05) is 25.0 Å². The van der Waals surface area contributed by atoms with Crippen molar-refractivity contribution in [2.75, 3.05) is 0 Å². The van der Waals surface area contributed by atoms with Gasteiger partial charge in [-0.05, 0) is 42.7 Å². The fourth-order valence-corrected chi connectivity index (χ4v) is 4.07. The van der Waals surface area contributed by atoms with Crippen LogP contribution in [-0.4, -0.2) is 23.1 Å². The van der Waals surface area contributed by atoms with Crippen LogP contribution >= 0.6 is 0 Å². The van der Waals surface area contributed by atoms with Crippen molar-refractivity contribution in [3.8, 4) is 0 Å². The van der Waals surface area contributed by atoms with Crippen LogP contribution in [0.1, 0.15) is 46.0 Å². The molecule has 0 aromatic rings. The highest BCUT2D eigenvalue weighted by molar-refractivity contribution is 5.87. The fraction of sp³-hybridized carbons (Fsp3) is 0.625. The maximum Gasteiger partial charge on any atom is 0.254 e. The van der Waals surface area contributed by atoms with Crippen LogP contribution in [0.4, 0.5) is 0 Å². The number of carbonyl (C=O) groups excluding carboxylic acids is 2. The Morgan fingerprint density at radius 1 is 1.10 bits per heavy atom. The first-order valence-electron chi connectivity index (χ1n) is 7.69. The van der Waals surface area contributed by atoms with Crippen LogP contribution in [0.15, 0.2) is 22.3 Å². The van der Waals surface area contributed by atoms with Crippen LogP contribution in [0, 0.1) is 11.8 Å². The van der Waals surface area contributed by atoms with Gasteiger partial charge in [0.1, 0.15) is 0 Å². The number of rotatable bonds is 4. The number of amides is 2. The Morgan fingerprint density at radius 3 is 2.10 bits per heavy atom. The van der Waals surface area contributed by atoms with Crippen LogP contribution in [0.2, 0.25) is 0 Å². The number of carbonyl (C=O) groups is 2. The molecule has 3 aliphatic carbocycles. The van der Waals surface area contributed by atoms with Crippen LogP contribution in [0.3, 0.4) is 0 Å². The van der Waals surface area contributed by atoms with E-state index in [4.69, 9.17) is 5.21 Å². The van der Waals surface area contributed by atoms with E-state index in [2.05, 4.69) is 5.32 Å². The third-order valence-electron chi connectivity index (χ3n) is 4.82. The van der Waals surface area contributed by atoms with E-state index >= 15 is 0 Å². The molecule has 5 heteroatoms. The highest BCUT2D eigenvalue weighted by Gasteiger charge is 2.46. The normalized spacial score (nSPS) is 26.7. The molecule has 0 aliphatic heterocycles. The average Bonchev–Trinajstić information content (AvgIpc) is 2.90. The van der Waals surface area contributed by atoms with E-state index in [1.165, 1.54) is 11.1 Å². The molecule has 4 bridgehead atoms. The molecule has 5 nitrogen and oxygen atoms in total. The fourth-order valence-electron chi connectivity index (χ4n) is 4.07. The number of hydroxylamine groups is 1. The number of fused-ring (bicyclic) bond motifs is 4. The van der Waals surface area contributed by atoms with Gasteiger partial charge in [-0.2, -0.15) is 0 Å². The molecule has 2 fully saturated rings. The standard InChI is InChI=1S/C16H22N2O3/c1-8(2)7-13(19)17-15-11-5-6-12(15)10-4-3-9(11)14(10)16(20)18-21/h8,14-15,21H,3-7H2,1-2H3,(H,17,19)(H,18,20). The van der Waals surface area contributed by atoms with E-state index in [-0.39, 0.29) is 23.8 Å². The molecule has 0 atom stereocenters. The highest BCUT2D eigenvalue weighted by atomic mass is 16.5. The second-order valence-electron chi connectivity index (χ2n) is 6.61. The van der Waals surface area contributed by atoms with Gasteiger partial charge >= 0.3 is 0 Å². The highest BCUT2D eigenvalue weighted by Crippen LogP contribution is 2.52. The van der Waals surface area contributed by atoms with Crippen molar-refractivity contribution in [3.05, 3.63) is 22.3 Å². The first-order chi connectivity index (χ1) is 10.0. The average molecular weight is 290 g/mol. The predicted octanol–water partition coefficient (Wildman–Crippen LogP) is 1.83. The topological polar surface area (TPSA) is 78.4 Å². The molecule has 3 N–H and O–H groups in total. The van der Waals surface area contributed by atoms with Crippen molar-refractivity contribution in [3.63, 3.8) is 0 Å². The van der Waals surface area contributed by atoms with Gasteiger partial charge in [0.25, 0.3) is 5.91 Å². The molecule has 0 saturated heterocycles. The second-order valence-corrected chi connectivity index (χ2v) is 6.61. The summed E-state index contributed by atoms with van der Waals surface area (Å²) in [4.78, 5) is 24.0. The molecule has 0 unspecified atom stereocenters. The number of nitrogens with one attached hydrogen (secondary N) is 2. The van der Waals surface area contributed by atoms with Crippen LogP contribution < -0.4 is 10.8 Å². The molecule has 0 aromatic heterocycles. The quantitative estimate of drug-likeness (QED) is 0.420. The monoisotopic (exact) mass is 290 g/mol. The number of hydrogen-bond donors (Lipinski definition) is 3. The largest absolute Gasteiger partial charge is 0.346 e. The maximum absolute atomic E-state index is 12.1. The van der Waals surface area contributed by atoms with E-state index in [0.717, 1.165) is 36.8 Å². The summed E-state index contributed by atoms with van der Waals surface area (Å²) in [5, 5.41) is 12.1. The molecule has 2 saturated carbocycles. The van der Waals surface area contributed by atoms with E-state index in [1.54, 1.807) is 5.48 Å². The van der Waals surface area contributed by atoms with E-state index in [0.29, 0.717) is 12.3 Å². The predicted molar refractivity (Wildman–Crippen MR) is 77.3 cm³/mol. The molecule has 3 rings (SSSR count). The van der Waals surface area contributed by atoms with Gasteiger partial charge in [0.2, 0.25) is 5.91 Å². The van der Waals surface area contributed by atoms with Crippen molar-refractivity contribution in [2.24, 2.45) is 11.8 Å². The van der Waals surface area contributed by atoms with Gasteiger partial charge in [0.05, 0.1) is 12.0 Å². The summed E-state index contributed by atoms with van der Waals surface area (Å²) in [6, 6.07) is 0.00601. The molecule has 0 spiro atoms. The van der Waals surface area contributed by atoms with E-state index < -0.39 is 0 Å². The SMILES string of the molecule is CC(C)CC(=O)NC1C2=C3CCC(=C1CC2)C3C(=O)NO. The Hall–Kier alpha value is -1.62. The molecular formula is C16H22N2O3. The summed E-state index contributed by atoms with van der Waals surface area (Å²) in [5.74, 6) is -0.203. The Morgan fingerprint density at radius 2 is 1.62 bits per heavy atom. The Labute approximate surface area is 124 Å². The lowest BCUT2D eigenvalue weighted by Gasteiger charge is -2.27. The Kier molecular flexibility index (Phi) is 3.61. The first-order valence-corrected chi connectivity index (χ1v) is 7.69. The summed E-state index contributed by atoms with van der Waals surface area (Å²) >= 11 is 0. The van der Waals surface area contributed by atoms with Gasteiger partial charge < -0.3 is 5.32 Å². The smallest absolute Gasteiger partial charge is 0.254 e. The van der Waals surface area contributed by atoms with Gasteiger partial charge in [-0.15, -0.1) is 0 Å². The van der Waals surface area contributed by atoms with Crippen molar-refractivity contribution in [2.45, 2.75) is 52.0 Å². The minimum absolute atomic E-state index is 0.00601. The van der Waals surface area contributed by atoms with Crippen LogP contribution in [0.5, 0.6) is 0 Å². The summed E-state index contributed by atoms with van der Waals surface area (Å²) in [5.41, 5.74) is 6.44. The van der Waals surface area contributed by atoms with Gasteiger partial charge in [-0.25, -0.2) is 5.48 Å². The zero-order valence-electron chi connectivity index (χ0n) is 12.5. The Bertz CT molecular complexity index is 530. The van der Waals surface area contributed by atoms with Crippen LogP contribution in [0.25, 0.3) is 0 Å². The molecule has 2 amide bonds. The van der Waals surface area contributed by atoms with Crippen LogP contribution in [-0.2, 0) is 9.59 Å². The molecule has 0 heterocycles. The minimum atomic E-state index is -0.332. The Balaban J connectivity index is 1.87. The second kappa shape index (κ2) is 5.30. The summed E-state index contributed by atoms with van der Waals surface area (Å²) < 4.78 is 0. The molecule has 0 radical (unpaired) electrons. The molecule has 0 aromatic carbocycles. The van der Waals surface area contributed by atoms with Gasteiger partial charge in [0.15, 0.2) is 0 Å². The van der Waals surface area contributed by atoms with Gasteiger partial charge in [-0.3, -0.25) is 14.8 Å². The van der Waals surface area contributed by atoms with E-state index in [9.17, 15) is 9.59 Å². The lowest BCUT2D eigenvalue weighted by molar-refractivity contribution is -0.131. The van der Waals surface area contributed by atoms with E-state index in [1.807, 2.05) is 13.8 Å². The lowest BCUT2D eigenvalue weighted by Crippen LogP contribution is -2.40. The lowest BCUT2D eigenvalue weighted by atomic mass is 9.84. The minimum Gasteiger partial charge on any atom is -0.346 e. The third-order valence-corrected chi connectivity index (χ3v) is 4.82. The zero-order chi connectivity index (χ0) is 15.1. The van der Waals surface area contributed by atoms with Crippen molar-refractivity contribution < 1.29 is 14.8 Å². The summed E-state index contributed by atoms with van der Waals surface area (Å²) in [7, 11) is 0. The van der Waals surface area contributed by atoms with Gasteiger partial charge in [0, 0.05) is 6.42 Å².